The molecular weight excluding hydrogens is 1210 g/mol. The number of alkyl halides is 3. The fraction of sp³-hybridized carbons (Fsp3) is 0.196. The molecule has 2 aliphatic heterocycles. The van der Waals surface area contributed by atoms with Gasteiger partial charge in [-0.25, -0.2) is 17.6 Å². The van der Waals surface area contributed by atoms with Crippen LogP contribution in [0.2, 0.25) is 0 Å². The molecule has 2 aliphatic rings. The number of Topliss-reactive ketones (excluding diaryl/α,β-unsaturated/α-hetero) is 2. The molecule has 18 heteroatoms. The molecule has 2 saturated heterocycles. The van der Waals surface area contributed by atoms with Crippen molar-refractivity contribution in [1.29, 1.82) is 0 Å². The zero-order valence-corrected chi connectivity index (χ0v) is 45.4. The van der Waals surface area contributed by atoms with E-state index in [1.54, 1.807) is 67.6 Å². The van der Waals surface area contributed by atoms with Crippen LogP contribution in [-0.2, 0) is 20.9 Å². The average molecular weight is 1250 g/mol. The van der Waals surface area contributed by atoms with E-state index in [0.29, 0.717) is 28.9 Å². The van der Waals surface area contributed by atoms with E-state index >= 15 is 0 Å². The number of amides is 2. The molecule has 0 bridgehead atoms. The molecular formula is C56H45Br3CuF4N2O8. The Labute approximate surface area is 452 Å². The van der Waals surface area contributed by atoms with E-state index in [0.717, 1.165) is 55.3 Å². The maximum absolute atomic E-state index is 13.5. The maximum atomic E-state index is 13.5. The van der Waals surface area contributed by atoms with Crippen molar-refractivity contribution in [2.45, 2.75) is 33.1 Å². The van der Waals surface area contributed by atoms with E-state index in [2.05, 4.69) is 48.9 Å². The molecule has 0 unspecified atom stereocenters. The summed E-state index contributed by atoms with van der Waals surface area (Å²) in [5.41, 5.74) is 8.51. The number of nitrogens with zero attached hydrogens (tertiary/aromatic N) is 2. The number of fused-ring (bicyclic) bond motifs is 2. The predicted molar refractivity (Wildman–Crippen MR) is 284 cm³/mol. The van der Waals surface area contributed by atoms with Crippen molar-refractivity contribution < 1.29 is 66.4 Å². The van der Waals surface area contributed by atoms with Gasteiger partial charge in [-0.1, -0.05) is 64.5 Å². The van der Waals surface area contributed by atoms with Gasteiger partial charge in [-0.3, -0.25) is 24.0 Å². The van der Waals surface area contributed by atoms with Crippen LogP contribution in [0, 0.1) is 11.6 Å². The van der Waals surface area contributed by atoms with E-state index < -0.39 is 12.3 Å². The second-order valence-corrected chi connectivity index (χ2v) is 22.3. The quantitative estimate of drug-likeness (QED) is 0.0435. The Hall–Kier alpha value is -6.17. The molecule has 6 aromatic carbocycles. The van der Waals surface area contributed by atoms with Crippen molar-refractivity contribution in [3.8, 4) is 44.5 Å². The second-order valence-electron chi connectivity index (χ2n) is 17.0. The van der Waals surface area contributed by atoms with Crippen LogP contribution in [0.4, 0.5) is 17.6 Å². The van der Waals surface area contributed by atoms with Crippen LogP contribution < -0.4 is 0 Å². The van der Waals surface area contributed by atoms with Crippen LogP contribution >= 0.6 is 44.2 Å². The molecule has 4 heterocycles. The summed E-state index contributed by atoms with van der Waals surface area (Å²) in [4.78, 5) is 61.7. The standard InChI is InChI=1S/C26H18BrF2NO3.C26H19F2NO3.C4H8O2.2BrH.Cu/c27-12-23(31)24-11-19-9-18(10-22(25(19)33-24)16-5-7-20(28)8-6-16)15-1-3-17(4-2-15)26(32)30-13-21(29)14-30;1-15(30)24-12-20-10-19(11-23(25(20)32-24)17-6-8-21(27)9-7-17)16-2-4-18(5-3-16)26(31)29-13-22(28)14-29;1-3-6-4(2)5;;;/h1-11,21H,12-14H2;2-12,22H,13-14H2,1H3;3H2,1-2H3;2*1H;/q;;;;;+2/p-2. The van der Waals surface area contributed by atoms with E-state index in [1.807, 2.05) is 48.5 Å². The SMILES string of the molecule is CC(=O)c1cc2cc(-c3ccc(C(=O)N4CC(F)C4)cc3)cc(-c3ccc(F)cc3)c2o1.CCOC(C)=O.O=C(CBr)c1cc2cc(-c3ccc(C(=O)N4CC(F)C4)cc3)cc(-c3ccc(F)cc3)c2o1.[Br][Cu][Br]. The number of rotatable bonds is 10. The van der Waals surface area contributed by atoms with Crippen molar-refractivity contribution in [2.75, 3.05) is 38.1 Å². The molecule has 0 aliphatic carbocycles. The molecule has 387 valence electrons. The van der Waals surface area contributed by atoms with E-state index in [1.165, 1.54) is 59.3 Å². The van der Waals surface area contributed by atoms with Crippen LogP contribution in [0.3, 0.4) is 0 Å². The summed E-state index contributed by atoms with van der Waals surface area (Å²) in [6, 6.07) is 37.4. The summed E-state index contributed by atoms with van der Waals surface area (Å²) in [6.07, 6.45) is -1.88. The molecule has 0 N–H and O–H groups in total. The van der Waals surface area contributed by atoms with Crippen molar-refractivity contribution in [2.24, 2.45) is 0 Å². The third kappa shape index (κ3) is 13.6. The van der Waals surface area contributed by atoms with Gasteiger partial charge in [-0.05, 0) is 125 Å². The van der Waals surface area contributed by atoms with Gasteiger partial charge in [0.25, 0.3) is 11.8 Å². The Morgan fingerprint density at radius 2 is 0.932 bits per heavy atom. The number of esters is 1. The molecule has 2 amide bonds. The first kappa shape index (κ1) is 55.6. The van der Waals surface area contributed by atoms with Crippen LogP contribution in [0.15, 0.2) is 142 Å². The minimum absolute atomic E-state index is 0.133. The number of likely N-dealkylation sites (tertiary alicyclic amines) is 2. The number of carbonyl (C=O) groups is 5. The summed E-state index contributed by atoms with van der Waals surface area (Å²) in [5.74, 6) is -1.14. The van der Waals surface area contributed by atoms with Crippen LogP contribution in [0.25, 0.3) is 66.4 Å². The van der Waals surface area contributed by atoms with Gasteiger partial charge in [0.1, 0.15) is 35.1 Å². The van der Waals surface area contributed by atoms with E-state index in [4.69, 9.17) is 8.83 Å². The molecule has 8 aromatic rings. The van der Waals surface area contributed by atoms with Crippen molar-refractivity contribution >= 4 is 95.4 Å². The van der Waals surface area contributed by atoms with E-state index in [9.17, 15) is 41.5 Å². The van der Waals surface area contributed by atoms with Crippen LogP contribution in [0.1, 0.15) is 62.6 Å². The first-order valence-electron chi connectivity index (χ1n) is 22.8. The van der Waals surface area contributed by atoms with Crippen LogP contribution in [0.5, 0.6) is 0 Å². The van der Waals surface area contributed by atoms with Gasteiger partial charge in [0.2, 0.25) is 5.78 Å². The zero-order chi connectivity index (χ0) is 53.2. The second kappa shape index (κ2) is 25.4. The van der Waals surface area contributed by atoms with Gasteiger partial charge < -0.3 is 23.4 Å². The number of carbonyl (C=O) groups excluding carboxylic acids is 5. The van der Waals surface area contributed by atoms with Gasteiger partial charge in [-0.2, -0.15) is 0 Å². The molecule has 74 heavy (non-hydrogen) atoms. The van der Waals surface area contributed by atoms with Gasteiger partial charge in [0.05, 0.1) is 38.1 Å². The number of halogens is 7. The van der Waals surface area contributed by atoms with Crippen molar-refractivity contribution in [1.82, 2.24) is 9.80 Å². The number of ether oxygens (including phenoxy) is 1. The van der Waals surface area contributed by atoms with Gasteiger partial charge >= 0.3 is 45.5 Å². The Morgan fingerprint density at radius 3 is 1.26 bits per heavy atom. The third-order valence-corrected chi connectivity index (χ3v) is 12.3. The summed E-state index contributed by atoms with van der Waals surface area (Å²) < 4.78 is 69.2. The number of furan rings is 2. The molecule has 2 fully saturated rings. The summed E-state index contributed by atoms with van der Waals surface area (Å²) in [6.45, 7) is 5.63. The zero-order valence-electron chi connectivity index (χ0n) is 39.7. The predicted octanol–water partition coefficient (Wildman–Crippen LogP) is 14.4. The Morgan fingerprint density at radius 1 is 0.568 bits per heavy atom. The van der Waals surface area contributed by atoms with E-state index in [-0.39, 0.29) is 84.0 Å². The van der Waals surface area contributed by atoms with Crippen molar-refractivity contribution in [3.05, 3.63) is 168 Å². The Bertz CT molecular complexity index is 3300. The molecule has 10 rings (SSSR count). The molecule has 2 aromatic heterocycles. The first-order valence-corrected chi connectivity index (χ1v) is 28.6. The Kier molecular flexibility index (Phi) is 19.1. The summed E-state index contributed by atoms with van der Waals surface area (Å²) >= 11 is 10.5. The monoisotopic (exact) mass is 1250 g/mol. The third-order valence-electron chi connectivity index (χ3n) is 11.8. The van der Waals surface area contributed by atoms with Gasteiger partial charge in [-0.15, -0.1) is 0 Å². The Balaban J connectivity index is 0.000000186. The molecule has 10 nitrogen and oxygen atoms in total. The topological polar surface area (TPSA) is 127 Å². The van der Waals surface area contributed by atoms with Gasteiger partial charge in [0.15, 0.2) is 17.3 Å². The van der Waals surface area contributed by atoms with Crippen molar-refractivity contribution in [3.63, 3.8) is 0 Å². The summed E-state index contributed by atoms with van der Waals surface area (Å²) in [7, 11) is 0. The molecule has 0 radical (unpaired) electrons. The normalized spacial score (nSPS) is 13.1. The summed E-state index contributed by atoms with van der Waals surface area (Å²) in [5, 5.41) is 1.63. The molecule has 0 saturated carbocycles. The molecule has 0 atom stereocenters. The van der Waals surface area contributed by atoms with Crippen LogP contribution in [-0.4, -0.2) is 89.6 Å². The number of benzene rings is 6. The minimum atomic E-state index is -0.943. The average Bonchev–Trinajstić information content (AvgIpc) is 4.03. The molecule has 0 spiro atoms. The van der Waals surface area contributed by atoms with Gasteiger partial charge in [0, 0.05) is 46.9 Å². The fourth-order valence-corrected chi connectivity index (χ4v) is 8.34. The fourth-order valence-electron chi connectivity index (χ4n) is 8.06. The first-order chi connectivity index (χ1) is 35.5. The number of hydrogen-bond donors (Lipinski definition) is 0. The number of ketones is 2. The number of hydrogen-bond acceptors (Lipinski definition) is 8.